The smallest absolute Gasteiger partial charge is 0.119 e. The van der Waals surface area contributed by atoms with Crippen molar-refractivity contribution in [2.45, 2.75) is 19.8 Å². The van der Waals surface area contributed by atoms with E-state index in [1.807, 2.05) is 42.5 Å². The first-order chi connectivity index (χ1) is 12.1. The number of halogens is 2. The van der Waals surface area contributed by atoms with Crippen LogP contribution >= 0.6 is 23.2 Å². The van der Waals surface area contributed by atoms with Crippen LogP contribution in [0, 0.1) is 6.92 Å². The highest BCUT2D eigenvalue weighted by molar-refractivity contribution is 6.31. The van der Waals surface area contributed by atoms with E-state index in [4.69, 9.17) is 27.9 Å². The highest BCUT2D eigenvalue weighted by Crippen LogP contribution is 2.22. The number of hydrogen-bond acceptors (Lipinski definition) is 1. The fourth-order valence-corrected chi connectivity index (χ4v) is 3.03. The Morgan fingerprint density at radius 2 is 1.48 bits per heavy atom. The number of ether oxygens (including phenoxy) is 1. The summed E-state index contributed by atoms with van der Waals surface area (Å²) in [6.07, 6.45) is 1.63. The molecule has 0 amide bonds. The van der Waals surface area contributed by atoms with Gasteiger partial charge in [-0.2, -0.15) is 0 Å². The van der Waals surface area contributed by atoms with Crippen molar-refractivity contribution in [1.82, 2.24) is 0 Å². The van der Waals surface area contributed by atoms with Gasteiger partial charge in [-0.25, -0.2) is 0 Å². The minimum absolute atomic E-state index is 0.635. The molecule has 0 fully saturated rings. The Balaban J connectivity index is 1.57. The zero-order valence-corrected chi connectivity index (χ0v) is 15.6. The fraction of sp³-hybridized carbons (Fsp3) is 0.182. The van der Waals surface area contributed by atoms with Gasteiger partial charge in [-0.15, -0.1) is 0 Å². The average molecular weight is 371 g/mol. The third kappa shape index (κ3) is 5.26. The molecule has 0 aliphatic carbocycles. The van der Waals surface area contributed by atoms with E-state index < -0.39 is 0 Å². The Kier molecular flexibility index (Phi) is 6.01. The fourth-order valence-electron chi connectivity index (χ4n) is 2.63. The van der Waals surface area contributed by atoms with Crippen LogP contribution in [-0.4, -0.2) is 6.61 Å². The Bertz CT molecular complexity index is 824. The SMILES string of the molecule is Cc1ccc(OCCc2ccc(Cc3ccc(Cl)cc3)c(Cl)c2)cc1. The molecule has 3 aromatic carbocycles. The summed E-state index contributed by atoms with van der Waals surface area (Å²) >= 11 is 12.4. The minimum Gasteiger partial charge on any atom is -0.493 e. The van der Waals surface area contributed by atoms with Crippen LogP contribution < -0.4 is 4.74 Å². The summed E-state index contributed by atoms with van der Waals surface area (Å²) < 4.78 is 5.79. The molecule has 0 aliphatic heterocycles. The number of aryl methyl sites for hydroxylation is 1. The van der Waals surface area contributed by atoms with Gasteiger partial charge in [0.1, 0.15) is 5.75 Å². The lowest BCUT2D eigenvalue weighted by Crippen LogP contribution is -2.02. The van der Waals surface area contributed by atoms with Crippen LogP contribution in [0.3, 0.4) is 0 Å². The quantitative estimate of drug-likeness (QED) is 0.480. The molecule has 0 aliphatic rings. The average Bonchev–Trinajstić information content (AvgIpc) is 2.61. The van der Waals surface area contributed by atoms with Gasteiger partial charge in [0.05, 0.1) is 6.61 Å². The molecule has 0 heterocycles. The van der Waals surface area contributed by atoms with Gasteiger partial charge in [0.2, 0.25) is 0 Å². The third-order valence-corrected chi connectivity index (χ3v) is 4.71. The van der Waals surface area contributed by atoms with Crippen molar-refractivity contribution in [2.75, 3.05) is 6.61 Å². The van der Waals surface area contributed by atoms with Crippen LogP contribution in [0.15, 0.2) is 66.7 Å². The zero-order chi connectivity index (χ0) is 17.6. The molecule has 0 atom stereocenters. The maximum absolute atomic E-state index is 6.46. The van der Waals surface area contributed by atoms with E-state index in [1.54, 1.807) is 0 Å². The van der Waals surface area contributed by atoms with Crippen molar-refractivity contribution in [2.24, 2.45) is 0 Å². The highest BCUT2D eigenvalue weighted by atomic mass is 35.5. The summed E-state index contributed by atoms with van der Waals surface area (Å²) in [5.74, 6) is 0.899. The van der Waals surface area contributed by atoms with Crippen molar-refractivity contribution in [1.29, 1.82) is 0 Å². The van der Waals surface area contributed by atoms with Gasteiger partial charge in [0.15, 0.2) is 0 Å². The molecule has 3 rings (SSSR count). The monoisotopic (exact) mass is 370 g/mol. The van der Waals surface area contributed by atoms with Crippen LogP contribution in [0.4, 0.5) is 0 Å². The van der Waals surface area contributed by atoms with Gasteiger partial charge in [-0.1, -0.05) is 65.2 Å². The van der Waals surface area contributed by atoms with Crippen molar-refractivity contribution >= 4 is 23.2 Å². The summed E-state index contributed by atoms with van der Waals surface area (Å²) in [5.41, 5.74) is 4.72. The minimum atomic E-state index is 0.635. The predicted molar refractivity (Wildman–Crippen MR) is 106 cm³/mol. The summed E-state index contributed by atoms with van der Waals surface area (Å²) in [4.78, 5) is 0. The first-order valence-corrected chi connectivity index (χ1v) is 9.07. The van der Waals surface area contributed by atoms with Gasteiger partial charge < -0.3 is 4.74 Å². The van der Waals surface area contributed by atoms with E-state index in [0.717, 1.165) is 34.2 Å². The molecule has 0 radical (unpaired) electrons. The molecule has 1 nitrogen and oxygen atoms in total. The van der Waals surface area contributed by atoms with Crippen LogP contribution in [0.1, 0.15) is 22.3 Å². The molecule has 128 valence electrons. The highest BCUT2D eigenvalue weighted by Gasteiger charge is 2.04. The summed E-state index contributed by atoms with van der Waals surface area (Å²) in [6.45, 7) is 2.70. The molecule has 3 aromatic rings. The lowest BCUT2D eigenvalue weighted by Gasteiger charge is -2.09. The second-order valence-electron chi connectivity index (χ2n) is 6.14. The topological polar surface area (TPSA) is 9.23 Å². The standard InChI is InChI=1S/C22H20Cl2O/c1-16-2-10-21(11-3-16)25-13-12-18-4-7-19(22(24)15-18)14-17-5-8-20(23)9-6-17/h2-11,15H,12-14H2,1H3. The number of benzene rings is 3. The Morgan fingerprint density at radius 1 is 0.800 bits per heavy atom. The molecule has 25 heavy (non-hydrogen) atoms. The van der Waals surface area contributed by atoms with Crippen LogP contribution in [0.2, 0.25) is 10.0 Å². The molecule has 0 saturated carbocycles. The van der Waals surface area contributed by atoms with Gasteiger partial charge in [-0.05, 0) is 60.4 Å². The molecule has 0 saturated heterocycles. The molecule has 0 spiro atoms. The normalized spacial score (nSPS) is 10.7. The molecule has 0 N–H and O–H groups in total. The number of hydrogen-bond donors (Lipinski definition) is 0. The predicted octanol–water partition coefficient (Wildman–Crippen LogP) is 6.51. The molecule has 3 heteroatoms. The third-order valence-electron chi connectivity index (χ3n) is 4.11. The Labute approximate surface area is 159 Å². The van der Waals surface area contributed by atoms with Crippen molar-refractivity contribution < 1.29 is 4.74 Å². The van der Waals surface area contributed by atoms with Crippen LogP contribution in [0.5, 0.6) is 5.75 Å². The maximum atomic E-state index is 6.46. The van der Waals surface area contributed by atoms with Crippen molar-refractivity contribution in [3.63, 3.8) is 0 Å². The van der Waals surface area contributed by atoms with Gasteiger partial charge in [-0.3, -0.25) is 0 Å². The zero-order valence-electron chi connectivity index (χ0n) is 14.1. The summed E-state index contributed by atoms with van der Waals surface area (Å²) in [5, 5.41) is 1.54. The van der Waals surface area contributed by atoms with E-state index in [-0.39, 0.29) is 0 Å². The van der Waals surface area contributed by atoms with Crippen molar-refractivity contribution in [3.8, 4) is 5.75 Å². The van der Waals surface area contributed by atoms with Crippen LogP contribution in [-0.2, 0) is 12.8 Å². The van der Waals surface area contributed by atoms with Gasteiger partial charge in [0, 0.05) is 16.5 Å². The molecular formula is C22H20Cl2O. The van der Waals surface area contributed by atoms with Crippen molar-refractivity contribution in [3.05, 3.63) is 99.0 Å². The van der Waals surface area contributed by atoms with E-state index in [0.29, 0.717) is 6.61 Å². The van der Waals surface area contributed by atoms with Gasteiger partial charge in [0.25, 0.3) is 0 Å². The maximum Gasteiger partial charge on any atom is 0.119 e. The van der Waals surface area contributed by atoms with Crippen LogP contribution in [0.25, 0.3) is 0 Å². The second kappa shape index (κ2) is 8.42. The lowest BCUT2D eigenvalue weighted by atomic mass is 10.0. The molecule has 0 aromatic heterocycles. The lowest BCUT2D eigenvalue weighted by molar-refractivity contribution is 0.322. The largest absolute Gasteiger partial charge is 0.493 e. The number of rotatable bonds is 6. The Morgan fingerprint density at radius 3 is 2.16 bits per heavy atom. The summed E-state index contributed by atoms with van der Waals surface area (Å²) in [6, 6.07) is 22.2. The first kappa shape index (κ1) is 17.8. The van der Waals surface area contributed by atoms with E-state index >= 15 is 0 Å². The second-order valence-corrected chi connectivity index (χ2v) is 6.98. The Hall–Kier alpha value is -1.96. The van der Waals surface area contributed by atoms with E-state index in [2.05, 4.69) is 31.2 Å². The first-order valence-electron chi connectivity index (χ1n) is 8.31. The summed E-state index contributed by atoms with van der Waals surface area (Å²) in [7, 11) is 0. The molecule has 0 unspecified atom stereocenters. The van der Waals surface area contributed by atoms with E-state index in [9.17, 15) is 0 Å². The molecule has 0 bridgehead atoms. The van der Waals surface area contributed by atoms with E-state index in [1.165, 1.54) is 16.7 Å². The van der Waals surface area contributed by atoms with Gasteiger partial charge >= 0.3 is 0 Å². The molecular weight excluding hydrogens is 351 g/mol.